The van der Waals surface area contributed by atoms with E-state index in [0.29, 0.717) is 11.7 Å². The summed E-state index contributed by atoms with van der Waals surface area (Å²) in [7, 11) is 1.75. The van der Waals surface area contributed by atoms with Crippen LogP contribution in [-0.2, 0) is 11.8 Å². The first-order chi connectivity index (χ1) is 11.4. The second kappa shape index (κ2) is 5.70. The average molecular weight is 339 g/mol. The van der Waals surface area contributed by atoms with Gasteiger partial charge in [-0.15, -0.1) is 0 Å². The van der Waals surface area contributed by atoms with Crippen LogP contribution in [0, 0.1) is 0 Å². The maximum atomic E-state index is 13.3. The fourth-order valence-electron chi connectivity index (χ4n) is 3.73. The van der Waals surface area contributed by atoms with Gasteiger partial charge in [0.15, 0.2) is 0 Å². The molecule has 0 spiro atoms. The van der Waals surface area contributed by atoms with Gasteiger partial charge in [-0.25, -0.2) is 13.6 Å². The Morgan fingerprint density at radius 1 is 1.21 bits per heavy atom. The highest BCUT2D eigenvalue weighted by Gasteiger charge is 2.49. The number of nitrogens with one attached hydrogen (secondary N) is 1. The van der Waals surface area contributed by atoms with Crippen LogP contribution >= 0.6 is 0 Å². The highest BCUT2D eigenvalue weighted by Crippen LogP contribution is 2.52. The van der Waals surface area contributed by atoms with Crippen molar-refractivity contribution in [3.63, 3.8) is 0 Å². The first-order valence-corrected chi connectivity index (χ1v) is 8.85. The van der Waals surface area contributed by atoms with E-state index in [1.807, 2.05) is 0 Å². The van der Waals surface area contributed by atoms with Gasteiger partial charge < -0.3 is 4.74 Å². The second-order valence-electron chi connectivity index (χ2n) is 7.44. The van der Waals surface area contributed by atoms with E-state index >= 15 is 0 Å². The number of nitrogens with zero attached hydrogens (tertiary/aromatic N) is 2. The van der Waals surface area contributed by atoms with E-state index in [2.05, 4.69) is 10.4 Å². The van der Waals surface area contributed by atoms with Crippen LogP contribution in [0.5, 0.6) is 0 Å². The molecule has 3 saturated carbocycles. The molecule has 5 nitrogen and oxygen atoms in total. The lowest BCUT2D eigenvalue weighted by atomic mass is 9.73. The molecule has 132 valence electrons. The lowest BCUT2D eigenvalue weighted by Crippen LogP contribution is -2.34. The summed E-state index contributed by atoms with van der Waals surface area (Å²) in [4.78, 5) is 12.1. The second-order valence-corrected chi connectivity index (χ2v) is 7.44. The van der Waals surface area contributed by atoms with Crippen molar-refractivity contribution in [3.05, 3.63) is 11.3 Å². The number of anilines is 1. The Hall–Kier alpha value is -1.66. The molecule has 0 atom stereocenters. The Labute approximate surface area is 139 Å². The van der Waals surface area contributed by atoms with Crippen molar-refractivity contribution in [2.24, 2.45) is 7.05 Å². The molecule has 0 bridgehead atoms. The minimum atomic E-state index is -2.57. The summed E-state index contributed by atoms with van der Waals surface area (Å²) in [5, 5.41) is 7.30. The summed E-state index contributed by atoms with van der Waals surface area (Å²) in [5.41, 5.74) is 1.70. The molecular formula is C17H23F2N3O2. The van der Waals surface area contributed by atoms with Crippen LogP contribution in [0.1, 0.15) is 74.5 Å². The molecule has 0 aromatic carbocycles. The van der Waals surface area contributed by atoms with Gasteiger partial charge >= 0.3 is 6.09 Å². The van der Waals surface area contributed by atoms with Crippen molar-refractivity contribution >= 4 is 11.9 Å². The van der Waals surface area contributed by atoms with Crippen LogP contribution in [0.4, 0.5) is 19.4 Å². The smallest absolute Gasteiger partial charge is 0.413 e. The van der Waals surface area contributed by atoms with Gasteiger partial charge in [-0.2, -0.15) is 5.10 Å². The Kier molecular flexibility index (Phi) is 3.77. The number of rotatable bonds is 4. The first-order valence-electron chi connectivity index (χ1n) is 8.85. The van der Waals surface area contributed by atoms with Gasteiger partial charge in [-0.3, -0.25) is 10.00 Å². The number of amides is 1. The number of aryl methyl sites for hydroxylation is 1. The SMILES string of the molecule is Cn1nc(C2CC(F)(F)C2)c(C2CCC2)c1NC(=O)OC1CCC1. The Balaban J connectivity index is 1.55. The monoisotopic (exact) mass is 339 g/mol. The molecule has 3 fully saturated rings. The summed E-state index contributed by atoms with van der Waals surface area (Å²) in [6.45, 7) is 0. The van der Waals surface area contributed by atoms with Crippen LogP contribution < -0.4 is 5.32 Å². The maximum Gasteiger partial charge on any atom is 0.413 e. The molecule has 4 rings (SSSR count). The van der Waals surface area contributed by atoms with Crippen LogP contribution in [0.25, 0.3) is 0 Å². The van der Waals surface area contributed by atoms with E-state index < -0.39 is 12.0 Å². The molecule has 1 aromatic heterocycles. The van der Waals surface area contributed by atoms with Crippen molar-refractivity contribution in [2.45, 2.75) is 75.2 Å². The normalized spacial score (nSPS) is 24.0. The maximum absolute atomic E-state index is 13.3. The third-order valence-corrected chi connectivity index (χ3v) is 5.65. The lowest BCUT2D eigenvalue weighted by Gasteiger charge is -2.36. The zero-order valence-electron chi connectivity index (χ0n) is 13.9. The Morgan fingerprint density at radius 3 is 2.38 bits per heavy atom. The van der Waals surface area contributed by atoms with Crippen molar-refractivity contribution in [1.29, 1.82) is 0 Å². The highest BCUT2D eigenvalue weighted by molar-refractivity contribution is 5.85. The Bertz CT molecular complexity index is 643. The molecule has 1 N–H and O–H groups in total. The van der Waals surface area contributed by atoms with Gasteiger partial charge in [0.25, 0.3) is 0 Å². The number of halogens is 2. The predicted octanol–water partition coefficient (Wildman–Crippen LogP) is 4.30. The quantitative estimate of drug-likeness (QED) is 0.890. The average Bonchev–Trinajstić information content (AvgIpc) is 2.67. The molecule has 7 heteroatoms. The largest absolute Gasteiger partial charge is 0.446 e. The van der Waals surface area contributed by atoms with Crippen molar-refractivity contribution in [2.75, 3.05) is 5.32 Å². The summed E-state index contributed by atoms with van der Waals surface area (Å²) in [6.07, 6.45) is 5.35. The van der Waals surface area contributed by atoms with Crippen molar-refractivity contribution < 1.29 is 18.3 Å². The summed E-state index contributed by atoms with van der Waals surface area (Å²) < 4.78 is 33.5. The number of ether oxygens (including phenoxy) is 1. The van der Waals surface area contributed by atoms with Gasteiger partial charge in [0.1, 0.15) is 11.9 Å². The lowest BCUT2D eigenvalue weighted by molar-refractivity contribution is -0.0879. The van der Waals surface area contributed by atoms with E-state index in [4.69, 9.17) is 4.74 Å². The number of carbonyl (C=O) groups is 1. The summed E-state index contributed by atoms with van der Waals surface area (Å²) >= 11 is 0. The third-order valence-electron chi connectivity index (χ3n) is 5.65. The van der Waals surface area contributed by atoms with Crippen LogP contribution in [0.3, 0.4) is 0 Å². The zero-order chi connectivity index (χ0) is 16.9. The van der Waals surface area contributed by atoms with Gasteiger partial charge in [0.05, 0.1) is 5.69 Å². The summed E-state index contributed by atoms with van der Waals surface area (Å²) in [5.74, 6) is -1.85. The number of hydrogen-bond donors (Lipinski definition) is 1. The van der Waals surface area contributed by atoms with Crippen molar-refractivity contribution in [1.82, 2.24) is 9.78 Å². The van der Waals surface area contributed by atoms with Gasteiger partial charge in [0.2, 0.25) is 5.92 Å². The molecule has 3 aliphatic carbocycles. The van der Waals surface area contributed by atoms with Crippen LogP contribution in [0.2, 0.25) is 0 Å². The molecule has 0 unspecified atom stereocenters. The third kappa shape index (κ3) is 2.78. The van der Waals surface area contributed by atoms with Crippen LogP contribution in [0.15, 0.2) is 0 Å². The molecule has 0 saturated heterocycles. The zero-order valence-corrected chi connectivity index (χ0v) is 13.9. The molecule has 24 heavy (non-hydrogen) atoms. The minimum Gasteiger partial charge on any atom is -0.446 e. The number of carbonyl (C=O) groups excluding carboxylic acids is 1. The fourth-order valence-corrected chi connectivity index (χ4v) is 3.73. The van der Waals surface area contributed by atoms with E-state index in [-0.39, 0.29) is 24.9 Å². The van der Waals surface area contributed by atoms with Crippen LogP contribution in [-0.4, -0.2) is 27.9 Å². The minimum absolute atomic E-state index is 0.00942. The predicted molar refractivity (Wildman–Crippen MR) is 84.5 cm³/mol. The van der Waals surface area contributed by atoms with Crippen molar-refractivity contribution in [3.8, 4) is 0 Å². The molecule has 1 amide bonds. The van der Waals surface area contributed by atoms with Gasteiger partial charge in [-0.05, 0) is 38.0 Å². The first kappa shape index (κ1) is 15.8. The number of aromatic nitrogens is 2. The van der Waals surface area contributed by atoms with E-state index in [1.54, 1.807) is 11.7 Å². The van der Waals surface area contributed by atoms with Gasteiger partial charge in [-0.1, -0.05) is 6.42 Å². The van der Waals surface area contributed by atoms with E-state index in [9.17, 15) is 13.6 Å². The topological polar surface area (TPSA) is 56.2 Å². The molecule has 1 heterocycles. The standard InChI is InChI=1S/C17H23F2N3O2/c1-22-15(20-16(23)24-12-6-3-7-12)13(10-4-2-5-10)14(21-22)11-8-17(18,19)9-11/h10-12H,2-9H2,1H3,(H,20,23). The molecule has 3 aliphatic rings. The van der Waals surface area contributed by atoms with Gasteiger partial charge in [0, 0.05) is 31.4 Å². The summed E-state index contributed by atoms with van der Waals surface area (Å²) in [6, 6.07) is 0. The fraction of sp³-hybridized carbons (Fsp3) is 0.765. The number of hydrogen-bond acceptors (Lipinski definition) is 3. The highest BCUT2D eigenvalue weighted by atomic mass is 19.3. The number of alkyl halides is 2. The molecule has 0 radical (unpaired) electrons. The molecule has 0 aliphatic heterocycles. The van der Waals surface area contributed by atoms with E-state index in [0.717, 1.165) is 49.8 Å². The Morgan fingerprint density at radius 2 is 1.88 bits per heavy atom. The van der Waals surface area contributed by atoms with E-state index in [1.165, 1.54) is 0 Å². The molecular weight excluding hydrogens is 316 g/mol. The molecule has 1 aromatic rings.